The minimum atomic E-state index is -0.323. The fourth-order valence-corrected chi connectivity index (χ4v) is 1.43. The lowest BCUT2D eigenvalue weighted by Gasteiger charge is -2.19. The Hall–Kier alpha value is -1.43. The van der Waals surface area contributed by atoms with Crippen LogP contribution in [0.15, 0.2) is 6.20 Å². The molecule has 1 amide bonds. The molecule has 0 aliphatic rings. The molecule has 0 saturated heterocycles. The SMILES string of the molecule is CC(C(=O)N(C)C)n1cc(CNC(C)(C)C)nn1. The van der Waals surface area contributed by atoms with Crippen molar-refractivity contribution in [2.75, 3.05) is 14.1 Å². The molecular weight excluding hydrogens is 230 g/mol. The van der Waals surface area contributed by atoms with Gasteiger partial charge in [-0.2, -0.15) is 0 Å². The predicted octanol–water partition coefficient (Wildman–Crippen LogP) is 0.815. The Kier molecular flexibility index (Phi) is 4.45. The van der Waals surface area contributed by atoms with Crippen molar-refractivity contribution in [3.05, 3.63) is 11.9 Å². The number of aromatic nitrogens is 3. The van der Waals surface area contributed by atoms with Crippen molar-refractivity contribution in [2.45, 2.75) is 45.8 Å². The molecule has 0 fully saturated rings. The first-order valence-electron chi connectivity index (χ1n) is 6.07. The van der Waals surface area contributed by atoms with Crippen molar-refractivity contribution in [3.63, 3.8) is 0 Å². The van der Waals surface area contributed by atoms with Crippen LogP contribution in [0.3, 0.4) is 0 Å². The standard InChI is InChI=1S/C12H23N5O/c1-9(11(18)16(5)6)17-8-10(14-15-17)7-13-12(2,3)4/h8-9,13H,7H2,1-6H3. The van der Waals surface area contributed by atoms with Crippen LogP contribution in [-0.4, -0.2) is 45.4 Å². The van der Waals surface area contributed by atoms with Gasteiger partial charge in [0.05, 0.1) is 11.9 Å². The van der Waals surface area contributed by atoms with Gasteiger partial charge in [-0.25, -0.2) is 4.68 Å². The maximum absolute atomic E-state index is 11.8. The van der Waals surface area contributed by atoms with Gasteiger partial charge in [-0.05, 0) is 27.7 Å². The van der Waals surface area contributed by atoms with E-state index in [1.165, 1.54) is 0 Å². The maximum Gasteiger partial charge on any atom is 0.246 e. The fraction of sp³-hybridized carbons (Fsp3) is 0.750. The second-order valence-corrected chi connectivity index (χ2v) is 5.70. The Morgan fingerprint density at radius 1 is 1.50 bits per heavy atom. The fourth-order valence-electron chi connectivity index (χ4n) is 1.43. The molecule has 1 aromatic heterocycles. The van der Waals surface area contributed by atoms with Crippen LogP contribution in [0.2, 0.25) is 0 Å². The van der Waals surface area contributed by atoms with Gasteiger partial charge in [0.25, 0.3) is 0 Å². The Bertz CT molecular complexity index is 405. The highest BCUT2D eigenvalue weighted by atomic mass is 16.2. The summed E-state index contributed by atoms with van der Waals surface area (Å²) in [4.78, 5) is 13.3. The third-order valence-corrected chi connectivity index (χ3v) is 2.55. The Morgan fingerprint density at radius 2 is 2.11 bits per heavy atom. The van der Waals surface area contributed by atoms with Crippen LogP contribution >= 0.6 is 0 Å². The van der Waals surface area contributed by atoms with Crippen molar-refractivity contribution in [1.82, 2.24) is 25.2 Å². The first-order chi connectivity index (χ1) is 8.20. The third-order valence-electron chi connectivity index (χ3n) is 2.55. The molecule has 0 spiro atoms. The first-order valence-corrected chi connectivity index (χ1v) is 6.07. The predicted molar refractivity (Wildman–Crippen MR) is 70.0 cm³/mol. The number of rotatable bonds is 4. The zero-order valence-electron chi connectivity index (χ0n) is 12.1. The first kappa shape index (κ1) is 14.6. The van der Waals surface area contributed by atoms with E-state index < -0.39 is 0 Å². The van der Waals surface area contributed by atoms with Crippen LogP contribution in [0, 0.1) is 0 Å². The van der Waals surface area contributed by atoms with Crippen molar-refractivity contribution in [3.8, 4) is 0 Å². The lowest BCUT2D eigenvalue weighted by Crippen LogP contribution is -2.35. The van der Waals surface area contributed by atoms with E-state index in [2.05, 4.69) is 36.4 Å². The zero-order chi connectivity index (χ0) is 13.9. The Labute approximate surface area is 108 Å². The molecule has 1 unspecified atom stereocenters. The highest BCUT2D eigenvalue weighted by molar-refractivity contribution is 5.79. The molecule has 1 N–H and O–H groups in total. The molecule has 0 radical (unpaired) electrons. The monoisotopic (exact) mass is 253 g/mol. The normalized spacial score (nSPS) is 13.4. The largest absolute Gasteiger partial charge is 0.347 e. The Balaban J connectivity index is 2.66. The topological polar surface area (TPSA) is 63.1 Å². The molecule has 1 atom stereocenters. The van der Waals surface area contributed by atoms with E-state index in [0.29, 0.717) is 6.54 Å². The summed E-state index contributed by atoms with van der Waals surface area (Å²) in [6.45, 7) is 8.74. The Morgan fingerprint density at radius 3 is 2.61 bits per heavy atom. The van der Waals surface area contributed by atoms with Crippen LogP contribution in [0.1, 0.15) is 39.4 Å². The number of amides is 1. The van der Waals surface area contributed by atoms with Gasteiger partial charge in [-0.1, -0.05) is 5.21 Å². The summed E-state index contributed by atoms with van der Waals surface area (Å²) in [6.07, 6.45) is 1.81. The van der Waals surface area contributed by atoms with E-state index in [-0.39, 0.29) is 17.5 Å². The van der Waals surface area contributed by atoms with E-state index >= 15 is 0 Å². The molecule has 0 aliphatic carbocycles. The molecule has 0 aliphatic heterocycles. The van der Waals surface area contributed by atoms with Gasteiger partial charge in [0.15, 0.2) is 0 Å². The zero-order valence-corrected chi connectivity index (χ0v) is 12.1. The van der Waals surface area contributed by atoms with Gasteiger partial charge in [0.1, 0.15) is 6.04 Å². The number of nitrogens with one attached hydrogen (secondary N) is 1. The number of hydrogen-bond acceptors (Lipinski definition) is 4. The van der Waals surface area contributed by atoms with Crippen LogP contribution in [-0.2, 0) is 11.3 Å². The molecule has 18 heavy (non-hydrogen) atoms. The van der Waals surface area contributed by atoms with Gasteiger partial charge >= 0.3 is 0 Å². The number of likely N-dealkylation sites (N-methyl/N-ethyl adjacent to an activating group) is 1. The maximum atomic E-state index is 11.8. The molecule has 6 heteroatoms. The van der Waals surface area contributed by atoms with E-state index in [1.807, 2.05) is 13.1 Å². The van der Waals surface area contributed by atoms with E-state index in [0.717, 1.165) is 5.69 Å². The van der Waals surface area contributed by atoms with E-state index in [1.54, 1.807) is 23.7 Å². The van der Waals surface area contributed by atoms with Crippen LogP contribution in [0.25, 0.3) is 0 Å². The molecule has 6 nitrogen and oxygen atoms in total. The molecule has 0 saturated carbocycles. The summed E-state index contributed by atoms with van der Waals surface area (Å²) in [7, 11) is 3.47. The minimum absolute atomic E-state index is 0.00947. The van der Waals surface area contributed by atoms with Crippen LogP contribution < -0.4 is 5.32 Å². The van der Waals surface area contributed by atoms with Crippen LogP contribution in [0.5, 0.6) is 0 Å². The van der Waals surface area contributed by atoms with Gasteiger partial charge in [0, 0.05) is 26.2 Å². The molecular formula is C12H23N5O. The van der Waals surface area contributed by atoms with Crippen LogP contribution in [0.4, 0.5) is 0 Å². The molecule has 1 heterocycles. The van der Waals surface area contributed by atoms with Gasteiger partial charge in [-0.3, -0.25) is 4.79 Å². The molecule has 102 valence electrons. The highest BCUT2D eigenvalue weighted by Crippen LogP contribution is 2.08. The van der Waals surface area contributed by atoms with Gasteiger partial charge in [0.2, 0.25) is 5.91 Å². The molecule has 1 aromatic rings. The second kappa shape index (κ2) is 5.48. The smallest absolute Gasteiger partial charge is 0.246 e. The van der Waals surface area contributed by atoms with E-state index in [9.17, 15) is 4.79 Å². The number of nitrogens with zero attached hydrogens (tertiary/aromatic N) is 4. The van der Waals surface area contributed by atoms with E-state index in [4.69, 9.17) is 0 Å². The molecule has 1 rings (SSSR count). The lowest BCUT2D eigenvalue weighted by atomic mass is 10.1. The average molecular weight is 253 g/mol. The number of carbonyl (C=O) groups excluding carboxylic acids is 1. The summed E-state index contributed by atoms with van der Waals surface area (Å²) >= 11 is 0. The summed E-state index contributed by atoms with van der Waals surface area (Å²) in [5, 5.41) is 11.4. The number of hydrogen-bond donors (Lipinski definition) is 1. The van der Waals surface area contributed by atoms with Crippen molar-refractivity contribution in [1.29, 1.82) is 0 Å². The third kappa shape index (κ3) is 4.10. The average Bonchev–Trinajstić information content (AvgIpc) is 2.71. The summed E-state index contributed by atoms with van der Waals surface area (Å²) in [5.74, 6) is 0.00947. The summed E-state index contributed by atoms with van der Waals surface area (Å²) in [5.41, 5.74) is 0.873. The number of carbonyl (C=O) groups is 1. The van der Waals surface area contributed by atoms with Gasteiger partial charge < -0.3 is 10.2 Å². The summed E-state index contributed by atoms with van der Waals surface area (Å²) < 4.78 is 1.60. The highest BCUT2D eigenvalue weighted by Gasteiger charge is 2.18. The quantitative estimate of drug-likeness (QED) is 0.862. The summed E-state index contributed by atoms with van der Waals surface area (Å²) in [6, 6.07) is -0.323. The molecule has 0 aromatic carbocycles. The lowest BCUT2D eigenvalue weighted by molar-refractivity contribution is -0.132. The molecule has 0 bridgehead atoms. The van der Waals surface area contributed by atoms with Crippen molar-refractivity contribution >= 4 is 5.91 Å². The van der Waals surface area contributed by atoms with Gasteiger partial charge in [-0.15, -0.1) is 5.10 Å². The minimum Gasteiger partial charge on any atom is -0.347 e. The van der Waals surface area contributed by atoms with Crippen molar-refractivity contribution in [2.24, 2.45) is 0 Å². The second-order valence-electron chi connectivity index (χ2n) is 5.70. The van der Waals surface area contributed by atoms with Crippen molar-refractivity contribution < 1.29 is 4.79 Å².